The lowest BCUT2D eigenvalue weighted by atomic mass is 10.1. The van der Waals surface area contributed by atoms with E-state index in [-0.39, 0.29) is 0 Å². The molecule has 1 aliphatic rings. The van der Waals surface area contributed by atoms with Crippen molar-refractivity contribution in [3.05, 3.63) is 0 Å². The minimum atomic E-state index is 1.09. The molecule has 71 valence electrons. The lowest BCUT2D eigenvalue weighted by molar-refractivity contribution is 0.571. The van der Waals surface area contributed by atoms with Gasteiger partial charge in [-0.2, -0.15) is 4.72 Å². The smallest absolute Gasteiger partial charge is 0.0256 e. The van der Waals surface area contributed by atoms with Crippen molar-refractivity contribution >= 4 is 11.9 Å². The summed E-state index contributed by atoms with van der Waals surface area (Å²) in [5.41, 5.74) is 0. The van der Waals surface area contributed by atoms with E-state index in [0.29, 0.717) is 0 Å². The molecule has 12 heavy (non-hydrogen) atoms. The summed E-state index contributed by atoms with van der Waals surface area (Å²) in [6.07, 6.45) is 11.3. The van der Waals surface area contributed by atoms with Gasteiger partial charge in [-0.25, -0.2) is 0 Å². The van der Waals surface area contributed by atoms with Crippen LogP contribution in [0.5, 0.6) is 0 Å². The highest BCUT2D eigenvalue weighted by molar-refractivity contribution is 7.97. The maximum absolute atomic E-state index is 4.42. The maximum atomic E-state index is 4.42. The highest BCUT2D eigenvalue weighted by Gasteiger charge is 1.96. The van der Waals surface area contributed by atoms with Crippen LogP contribution in [0.2, 0.25) is 0 Å². The van der Waals surface area contributed by atoms with E-state index >= 15 is 0 Å². The molecule has 0 N–H and O–H groups in total. The van der Waals surface area contributed by atoms with Crippen molar-refractivity contribution in [1.82, 2.24) is 4.72 Å². The zero-order valence-electron chi connectivity index (χ0n) is 7.93. The molecule has 0 spiro atoms. The van der Waals surface area contributed by atoms with Gasteiger partial charge in [0.25, 0.3) is 0 Å². The molecule has 0 aliphatic carbocycles. The molecule has 1 rings (SSSR count). The van der Waals surface area contributed by atoms with Crippen LogP contribution in [0.1, 0.15) is 51.4 Å². The van der Waals surface area contributed by atoms with Gasteiger partial charge in [0.2, 0.25) is 0 Å². The van der Waals surface area contributed by atoms with Crippen LogP contribution in [0.15, 0.2) is 0 Å². The normalized spacial score (nSPS) is 24.0. The molecule has 0 atom stereocenters. The summed E-state index contributed by atoms with van der Waals surface area (Å²) in [4.78, 5) is 0. The van der Waals surface area contributed by atoms with Gasteiger partial charge in [0.05, 0.1) is 0 Å². The van der Waals surface area contributed by atoms with Crippen molar-refractivity contribution in [2.24, 2.45) is 0 Å². The lowest BCUT2D eigenvalue weighted by Gasteiger charge is -2.05. The largest absolute Gasteiger partial charge is 0.175 e. The Morgan fingerprint density at radius 3 is 2.00 bits per heavy atom. The van der Waals surface area contributed by atoms with Crippen molar-refractivity contribution in [1.29, 1.82) is 0 Å². The SMILES string of the molecule is C1CCCCCS[N]CCCC1. The Hall–Kier alpha value is 0.310. The fourth-order valence-electron chi connectivity index (χ4n) is 1.53. The Balaban J connectivity index is 2.00. The van der Waals surface area contributed by atoms with E-state index in [1.54, 1.807) is 11.9 Å². The third-order valence-corrected chi connectivity index (χ3v) is 3.16. The first-order valence-corrected chi connectivity index (χ1v) is 6.23. The maximum Gasteiger partial charge on any atom is 0.0256 e. The quantitative estimate of drug-likeness (QED) is 0.529. The van der Waals surface area contributed by atoms with Gasteiger partial charge in [-0.3, -0.25) is 0 Å². The van der Waals surface area contributed by atoms with Crippen molar-refractivity contribution in [2.45, 2.75) is 51.4 Å². The van der Waals surface area contributed by atoms with E-state index in [1.807, 2.05) is 0 Å². The van der Waals surface area contributed by atoms with E-state index in [9.17, 15) is 0 Å². The van der Waals surface area contributed by atoms with Gasteiger partial charge < -0.3 is 0 Å². The second-order valence-electron chi connectivity index (χ2n) is 3.51. The monoisotopic (exact) mass is 186 g/mol. The van der Waals surface area contributed by atoms with Crippen molar-refractivity contribution in [3.8, 4) is 0 Å². The van der Waals surface area contributed by atoms with E-state index in [1.165, 1.54) is 57.1 Å². The van der Waals surface area contributed by atoms with Crippen LogP contribution in [-0.2, 0) is 0 Å². The third kappa shape index (κ3) is 5.90. The van der Waals surface area contributed by atoms with Crippen LogP contribution in [0.25, 0.3) is 0 Å². The predicted molar refractivity (Wildman–Crippen MR) is 56.4 cm³/mol. The summed E-state index contributed by atoms with van der Waals surface area (Å²) in [6.45, 7) is 1.09. The Morgan fingerprint density at radius 1 is 0.667 bits per heavy atom. The first-order valence-electron chi connectivity index (χ1n) is 5.29. The molecule has 2 heteroatoms. The first-order chi connectivity index (χ1) is 6.00. The van der Waals surface area contributed by atoms with Crippen LogP contribution < -0.4 is 4.72 Å². The summed E-state index contributed by atoms with van der Waals surface area (Å²) >= 11 is 1.79. The van der Waals surface area contributed by atoms with Gasteiger partial charge >= 0.3 is 0 Å². The minimum absolute atomic E-state index is 1.09. The summed E-state index contributed by atoms with van der Waals surface area (Å²) in [5.74, 6) is 1.25. The second-order valence-corrected chi connectivity index (χ2v) is 4.44. The summed E-state index contributed by atoms with van der Waals surface area (Å²) in [7, 11) is 0. The minimum Gasteiger partial charge on any atom is -0.175 e. The van der Waals surface area contributed by atoms with Gasteiger partial charge in [0.15, 0.2) is 0 Å². The van der Waals surface area contributed by atoms with Gasteiger partial charge in [-0.05, 0) is 12.8 Å². The molecule has 1 saturated heterocycles. The van der Waals surface area contributed by atoms with Crippen LogP contribution >= 0.6 is 11.9 Å². The second kappa shape index (κ2) is 7.93. The van der Waals surface area contributed by atoms with Crippen LogP contribution in [0.4, 0.5) is 0 Å². The third-order valence-electron chi connectivity index (χ3n) is 2.33. The molecule has 1 fully saturated rings. The summed E-state index contributed by atoms with van der Waals surface area (Å²) in [5, 5.41) is 0. The molecule has 0 aromatic rings. The van der Waals surface area contributed by atoms with E-state index in [0.717, 1.165) is 6.54 Å². The molecule has 0 aromatic carbocycles. The van der Waals surface area contributed by atoms with Crippen molar-refractivity contribution in [3.63, 3.8) is 0 Å². The molecule has 1 heterocycles. The Kier molecular flexibility index (Phi) is 6.87. The lowest BCUT2D eigenvalue weighted by Crippen LogP contribution is -1.99. The van der Waals surface area contributed by atoms with Crippen molar-refractivity contribution in [2.75, 3.05) is 12.3 Å². The molecule has 1 nitrogen and oxygen atoms in total. The molecular formula is C10H20NS. The fourth-order valence-corrected chi connectivity index (χ4v) is 2.25. The van der Waals surface area contributed by atoms with E-state index < -0.39 is 0 Å². The molecule has 0 bridgehead atoms. The molecular weight excluding hydrogens is 166 g/mol. The number of hydrogen-bond acceptors (Lipinski definition) is 1. The Morgan fingerprint density at radius 2 is 1.25 bits per heavy atom. The van der Waals surface area contributed by atoms with Gasteiger partial charge in [0.1, 0.15) is 0 Å². The molecule has 0 amide bonds. The van der Waals surface area contributed by atoms with Crippen LogP contribution in [0.3, 0.4) is 0 Å². The highest BCUT2D eigenvalue weighted by Crippen LogP contribution is 2.12. The average molecular weight is 186 g/mol. The van der Waals surface area contributed by atoms with E-state index in [2.05, 4.69) is 4.72 Å². The number of rotatable bonds is 0. The molecule has 0 unspecified atom stereocenters. The van der Waals surface area contributed by atoms with Gasteiger partial charge in [0, 0.05) is 12.3 Å². The van der Waals surface area contributed by atoms with Crippen LogP contribution in [-0.4, -0.2) is 12.3 Å². The molecule has 1 aliphatic heterocycles. The van der Waals surface area contributed by atoms with E-state index in [4.69, 9.17) is 0 Å². The Bertz CT molecular complexity index is 52.8. The van der Waals surface area contributed by atoms with Crippen molar-refractivity contribution < 1.29 is 0 Å². The standard InChI is InChI=1S/C10H20NS/c1-2-4-6-8-10-12-11-9-7-5-3-1/h1-10H2. The van der Waals surface area contributed by atoms with Gasteiger partial charge in [-0.15, -0.1) is 0 Å². The zero-order chi connectivity index (χ0) is 8.49. The van der Waals surface area contributed by atoms with Gasteiger partial charge in [-0.1, -0.05) is 50.5 Å². The fraction of sp³-hybridized carbons (Fsp3) is 1.00. The topological polar surface area (TPSA) is 14.1 Å². The summed E-state index contributed by atoms with van der Waals surface area (Å²) in [6, 6.07) is 0. The molecule has 0 aromatic heterocycles. The number of nitrogens with zero attached hydrogens (tertiary/aromatic N) is 1. The van der Waals surface area contributed by atoms with Crippen LogP contribution in [0, 0.1) is 0 Å². The zero-order valence-corrected chi connectivity index (χ0v) is 8.74. The number of hydrogen-bond donors (Lipinski definition) is 0. The summed E-state index contributed by atoms with van der Waals surface area (Å²) < 4.78 is 4.42. The predicted octanol–water partition coefficient (Wildman–Crippen LogP) is 3.37. The first kappa shape index (κ1) is 10.4. The average Bonchev–Trinajstić information content (AvgIpc) is 2.05. The molecule has 1 radical (unpaired) electrons. The highest BCUT2D eigenvalue weighted by atomic mass is 32.2. The molecule has 0 saturated carbocycles. The Labute approximate surface area is 80.8 Å².